The first-order chi connectivity index (χ1) is 28.7. The van der Waals surface area contributed by atoms with Gasteiger partial charge in [-0.2, -0.15) is 0 Å². The average Bonchev–Trinajstić information content (AvgIpc) is 4.00. The zero-order chi connectivity index (χ0) is 38.2. The van der Waals surface area contributed by atoms with Gasteiger partial charge in [0.05, 0.1) is 10.2 Å². The Kier molecular flexibility index (Phi) is 7.80. The normalized spacial score (nSPS) is 11.8. The number of thiophene rings is 2. The smallest absolute Gasteiger partial charge is 0.124 e. The molecule has 0 N–H and O–H groups in total. The third-order valence-electron chi connectivity index (χ3n) is 11.3. The number of anilines is 3. The highest BCUT2D eigenvalue weighted by Crippen LogP contribution is 2.44. The van der Waals surface area contributed by atoms with Crippen molar-refractivity contribution in [3.63, 3.8) is 0 Å². The van der Waals surface area contributed by atoms with Crippen molar-refractivity contribution in [2.75, 3.05) is 4.90 Å². The molecule has 0 aliphatic rings. The Morgan fingerprint density at radius 3 is 1.83 bits per heavy atom. The number of benzene rings is 9. The summed E-state index contributed by atoms with van der Waals surface area (Å²) in [5, 5.41) is 8.70. The van der Waals surface area contributed by atoms with Crippen molar-refractivity contribution in [1.29, 1.82) is 0 Å². The molecule has 3 heterocycles. The monoisotopic (exact) mass is 792 g/mol. The lowest BCUT2D eigenvalue weighted by molar-refractivity contribution is 1.29. The number of rotatable bonds is 6. The summed E-state index contributed by atoms with van der Waals surface area (Å²) in [7, 11) is 0. The summed E-state index contributed by atoms with van der Waals surface area (Å²) in [5.74, 6) is 0. The Morgan fingerprint density at radius 2 is 0.983 bits per heavy atom. The Bertz CT molecular complexity index is 3500. The van der Waals surface area contributed by atoms with E-state index in [2.05, 4.69) is 199 Å². The zero-order valence-corrected chi connectivity index (χ0v) is 33.5. The maximum Gasteiger partial charge on any atom is 0.124 e. The van der Waals surface area contributed by atoms with Gasteiger partial charge >= 0.3 is 0 Å². The van der Waals surface area contributed by atoms with Crippen LogP contribution in [0.15, 0.2) is 194 Å². The lowest BCUT2D eigenvalue weighted by Gasteiger charge is -2.26. The van der Waals surface area contributed by atoms with Gasteiger partial charge in [-0.15, -0.1) is 34.0 Å². The van der Waals surface area contributed by atoms with Crippen LogP contribution in [-0.4, -0.2) is 4.98 Å². The molecule has 0 atom stereocenters. The lowest BCUT2D eigenvalue weighted by Crippen LogP contribution is -2.09. The Hall–Kier alpha value is -6.63. The van der Waals surface area contributed by atoms with Gasteiger partial charge in [0.25, 0.3) is 0 Å². The highest BCUT2D eigenvalue weighted by atomic mass is 32.1. The number of thiazole rings is 1. The van der Waals surface area contributed by atoms with Gasteiger partial charge in [-0.25, -0.2) is 4.98 Å². The van der Waals surface area contributed by atoms with Gasteiger partial charge in [-0.3, -0.25) is 0 Å². The van der Waals surface area contributed by atoms with Gasteiger partial charge in [0.2, 0.25) is 0 Å². The van der Waals surface area contributed by atoms with Crippen LogP contribution < -0.4 is 4.90 Å². The molecule has 12 rings (SSSR count). The fraction of sp³-hybridized carbons (Fsp3) is 0. The SMILES string of the molecule is c1ccc(-c2nc3c(ccc4sc5cc(-c6ccc(N(c7ccc(-c8cccc9ccccc89)cc7)c7ccc8sc9ccccc9c8c7)cc6)ccc5c43)s2)cc1. The Labute approximate surface area is 347 Å². The van der Waals surface area contributed by atoms with E-state index in [9.17, 15) is 0 Å². The molecule has 0 aliphatic carbocycles. The van der Waals surface area contributed by atoms with Gasteiger partial charge in [0.15, 0.2) is 0 Å². The predicted molar refractivity (Wildman–Crippen MR) is 254 cm³/mol. The molecule has 0 unspecified atom stereocenters. The van der Waals surface area contributed by atoms with Crippen LogP contribution in [0.1, 0.15) is 0 Å². The van der Waals surface area contributed by atoms with E-state index in [1.165, 1.54) is 83.6 Å². The maximum absolute atomic E-state index is 5.17. The largest absolute Gasteiger partial charge is 0.310 e. The summed E-state index contributed by atoms with van der Waals surface area (Å²) in [4.78, 5) is 7.56. The summed E-state index contributed by atoms with van der Waals surface area (Å²) in [6.45, 7) is 0. The van der Waals surface area contributed by atoms with Crippen LogP contribution in [-0.2, 0) is 0 Å². The van der Waals surface area contributed by atoms with Crippen molar-refractivity contribution < 1.29 is 0 Å². The molecule has 12 aromatic rings. The van der Waals surface area contributed by atoms with E-state index < -0.39 is 0 Å². The highest BCUT2D eigenvalue weighted by molar-refractivity contribution is 7.27. The van der Waals surface area contributed by atoms with Crippen LogP contribution in [0, 0.1) is 0 Å². The van der Waals surface area contributed by atoms with Crippen LogP contribution in [0.3, 0.4) is 0 Å². The molecule has 0 bridgehead atoms. The molecule has 58 heavy (non-hydrogen) atoms. The molecule has 9 aromatic carbocycles. The minimum Gasteiger partial charge on any atom is -0.310 e. The molecule has 272 valence electrons. The van der Waals surface area contributed by atoms with Crippen molar-refractivity contribution in [3.8, 4) is 32.8 Å². The predicted octanol–water partition coefficient (Wildman–Crippen LogP) is 16.7. The third-order valence-corrected chi connectivity index (χ3v) is 14.7. The third kappa shape index (κ3) is 5.54. The minimum atomic E-state index is 1.07. The number of aromatic nitrogens is 1. The second-order valence-electron chi connectivity index (χ2n) is 14.7. The van der Waals surface area contributed by atoms with E-state index >= 15 is 0 Å². The standard InChI is InChI=1S/C53H32N2S3/c1-2-10-36(11-3-1)53-54-52-49(58-53)30-29-48-51(52)44-27-21-37(31-50(44)57-48)33-17-22-38(23-18-33)55(40-26-28-47-45(32-40)43-14-6-7-16-46(43)56-47)39-24-19-35(20-25-39)42-15-8-12-34-9-4-5-13-41(34)42/h1-32H. The van der Waals surface area contributed by atoms with E-state index in [4.69, 9.17) is 4.98 Å². The summed E-state index contributed by atoms with van der Waals surface area (Å²) in [6, 6.07) is 70.9. The Morgan fingerprint density at radius 1 is 0.345 bits per heavy atom. The molecule has 0 aliphatic heterocycles. The van der Waals surface area contributed by atoms with Gasteiger partial charge in [0.1, 0.15) is 5.01 Å². The minimum absolute atomic E-state index is 1.07. The lowest BCUT2D eigenvalue weighted by atomic mass is 9.98. The van der Waals surface area contributed by atoms with Crippen molar-refractivity contribution in [2.45, 2.75) is 0 Å². The molecule has 0 fully saturated rings. The molecule has 5 heteroatoms. The van der Waals surface area contributed by atoms with E-state index in [0.717, 1.165) is 27.6 Å². The van der Waals surface area contributed by atoms with Gasteiger partial charge in [0, 0.05) is 63.0 Å². The molecule has 0 amide bonds. The van der Waals surface area contributed by atoms with Crippen LogP contribution in [0.5, 0.6) is 0 Å². The van der Waals surface area contributed by atoms with Crippen molar-refractivity contribution in [2.24, 2.45) is 0 Å². The molecular weight excluding hydrogens is 761 g/mol. The second-order valence-corrected chi connectivity index (χ2v) is 17.9. The molecule has 3 aromatic heterocycles. The molecule has 0 radical (unpaired) electrons. The van der Waals surface area contributed by atoms with Crippen LogP contribution in [0.2, 0.25) is 0 Å². The first-order valence-corrected chi connectivity index (χ1v) is 21.9. The number of hydrogen-bond acceptors (Lipinski definition) is 5. The first kappa shape index (κ1) is 33.5. The summed E-state index contributed by atoms with van der Waals surface area (Å²) >= 11 is 5.48. The fourth-order valence-corrected chi connectivity index (χ4v) is 11.7. The summed E-state index contributed by atoms with van der Waals surface area (Å²) in [6.07, 6.45) is 0. The molecule has 0 saturated heterocycles. The second kappa shape index (κ2) is 13.5. The van der Waals surface area contributed by atoms with Crippen LogP contribution in [0.25, 0.3) is 94.2 Å². The summed E-state index contributed by atoms with van der Waals surface area (Å²) < 4.78 is 6.40. The maximum atomic E-state index is 5.17. The van der Waals surface area contributed by atoms with Crippen LogP contribution >= 0.6 is 34.0 Å². The Balaban J connectivity index is 0.936. The van der Waals surface area contributed by atoms with Crippen molar-refractivity contribution >= 4 is 112 Å². The number of nitrogens with zero attached hydrogens (tertiary/aromatic N) is 2. The van der Waals surface area contributed by atoms with E-state index in [-0.39, 0.29) is 0 Å². The van der Waals surface area contributed by atoms with Crippen molar-refractivity contribution in [3.05, 3.63) is 194 Å². The van der Waals surface area contributed by atoms with Gasteiger partial charge in [-0.05, 0) is 99.8 Å². The topological polar surface area (TPSA) is 16.1 Å². The van der Waals surface area contributed by atoms with E-state index in [1.54, 1.807) is 11.3 Å². The molecule has 2 nitrogen and oxygen atoms in total. The molecule has 0 spiro atoms. The quantitative estimate of drug-likeness (QED) is 0.167. The van der Waals surface area contributed by atoms with Crippen molar-refractivity contribution in [1.82, 2.24) is 4.98 Å². The summed E-state index contributed by atoms with van der Waals surface area (Å²) in [5.41, 5.74) is 10.5. The fourth-order valence-electron chi connectivity index (χ4n) is 8.51. The van der Waals surface area contributed by atoms with Gasteiger partial charge < -0.3 is 4.90 Å². The zero-order valence-electron chi connectivity index (χ0n) is 31.1. The average molecular weight is 793 g/mol. The van der Waals surface area contributed by atoms with Gasteiger partial charge in [-0.1, -0.05) is 127 Å². The van der Waals surface area contributed by atoms with E-state index in [1.807, 2.05) is 22.7 Å². The first-order valence-electron chi connectivity index (χ1n) is 19.4. The molecular formula is C53H32N2S3. The van der Waals surface area contributed by atoms with Crippen LogP contribution in [0.4, 0.5) is 17.1 Å². The molecule has 0 saturated carbocycles. The highest BCUT2D eigenvalue weighted by Gasteiger charge is 2.18. The number of hydrogen-bond donors (Lipinski definition) is 0. The number of fused-ring (bicyclic) bond motifs is 9. The van der Waals surface area contributed by atoms with E-state index in [0.29, 0.717) is 0 Å².